The minimum atomic E-state index is -2.33. The number of aromatic amines is 2. The first-order valence-corrected chi connectivity index (χ1v) is 10.3. The number of aliphatic hydroxyl groups is 2. The number of aliphatic carboxylic acids is 6. The number of nitrogens with zero attached hydrogens (tertiary/aromatic N) is 2. The summed E-state index contributed by atoms with van der Waals surface area (Å²) in [6, 6.07) is 0. The number of carboxylic acids is 6. The fourth-order valence-electron chi connectivity index (χ4n) is 1.74. The summed E-state index contributed by atoms with van der Waals surface area (Å²) < 4.78 is 0. The van der Waals surface area contributed by atoms with Crippen LogP contribution in [0.25, 0.3) is 12.2 Å². The average Bonchev–Trinajstić information content (AvgIpc) is 3.50. The summed E-state index contributed by atoms with van der Waals surface area (Å²) in [6.07, 6.45) is 8.67. The Morgan fingerprint density at radius 3 is 1.15 bits per heavy atom. The van der Waals surface area contributed by atoms with E-state index in [2.05, 4.69) is 19.9 Å². The fourth-order valence-corrected chi connectivity index (χ4v) is 1.74. The number of aromatic nitrogens is 4. The van der Waals surface area contributed by atoms with Gasteiger partial charge in [-0.15, -0.1) is 0 Å². The van der Waals surface area contributed by atoms with Gasteiger partial charge in [-0.2, -0.15) is 0 Å². The van der Waals surface area contributed by atoms with Gasteiger partial charge in [0.05, 0.1) is 60.3 Å². The molecule has 2 aromatic rings. The van der Waals surface area contributed by atoms with E-state index >= 15 is 0 Å². The number of hydrogen-bond acceptors (Lipinski definition) is 16. The number of nitrogens with one attached hydrogen (secondary N) is 2. The van der Waals surface area contributed by atoms with Crippen molar-refractivity contribution >= 4 is 48.0 Å². The number of carboxylic acid groups (broad SMARTS) is 6. The van der Waals surface area contributed by atoms with Crippen LogP contribution in [0.5, 0.6) is 0 Å². The van der Waals surface area contributed by atoms with Crippen LogP contribution in [0, 0.1) is 0 Å². The van der Waals surface area contributed by atoms with Crippen molar-refractivity contribution in [3.8, 4) is 0 Å². The Labute approximate surface area is 245 Å². The molecule has 19 heteroatoms. The summed E-state index contributed by atoms with van der Waals surface area (Å²) in [4.78, 5) is 71.8. The van der Waals surface area contributed by atoms with Crippen LogP contribution in [-0.2, 0) is 49.8 Å². The van der Waals surface area contributed by atoms with Crippen molar-refractivity contribution in [1.29, 1.82) is 0 Å². The van der Waals surface area contributed by atoms with E-state index < -0.39 is 59.9 Å². The second-order valence-corrected chi connectivity index (χ2v) is 7.54. The monoisotopic (exact) mass is 664 g/mol. The molecule has 2 heterocycles. The standard InChI is InChI=1S/2C6H6N2O2.2C5H8O5.Mo/c2*9-6(10)2-1-5-3-7-4-8-5;2*1-5(10,4(8)9)2-3(6)7;/h2*1-4H,(H,7,8)(H,9,10);2*10H,2H2,1H3,(H,6,7)(H,8,9);/p-6. The third kappa shape index (κ3) is 23.0. The smallest absolute Gasteiger partial charge is 0.106 e. The number of H-pyrrole nitrogens is 2. The van der Waals surface area contributed by atoms with Crippen LogP contribution in [0.4, 0.5) is 0 Å². The van der Waals surface area contributed by atoms with Crippen LogP contribution < -0.4 is 30.6 Å². The van der Waals surface area contributed by atoms with E-state index in [1.807, 2.05) is 0 Å². The van der Waals surface area contributed by atoms with Crippen molar-refractivity contribution in [3.63, 3.8) is 0 Å². The molecule has 0 fully saturated rings. The predicted octanol–water partition coefficient (Wildman–Crippen LogP) is -8.40. The van der Waals surface area contributed by atoms with Crippen LogP contribution in [-0.4, -0.2) is 77.2 Å². The summed E-state index contributed by atoms with van der Waals surface area (Å²) in [5.74, 6) is -9.33. The Kier molecular flexibility index (Phi) is 20.2. The zero-order valence-corrected chi connectivity index (χ0v) is 23.1. The maximum absolute atomic E-state index is 9.90. The van der Waals surface area contributed by atoms with Crippen molar-refractivity contribution in [2.24, 2.45) is 0 Å². The molecule has 0 aromatic carbocycles. The van der Waals surface area contributed by atoms with Gasteiger partial charge in [-0.05, 0) is 38.2 Å². The molecule has 2 atom stereocenters. The van der Waals surface area contributed by atoms with Crippen molar-refractivity contribution in [2.75, 3.05) is 0 Å². The molecular weight excluding hydrogens is 640 g/mol. The molecule has 41 heavy (non-hydrogen) atoms. The largest absolute Gasteiger partial charge is 0.550 e. The van der Waals surface area contributed by atoms with E-state index in [1.54, 1.807) is 0 Å². The molecule has 0 saturated heterocycles. The minimum Gasteiger partial charge on any atom is -0.550 e. The molecular formula is C22H22MoN4O14-6. The normalized spacial score (nSPS) is 12.8. The SMILES string of the molecule is CC(O)(CC(=O)[O-])C(=O)[O-].CC(O)(CC(=O)[O-])C(=O)[O-].O=C([O-])C=Cc1cnc[nH]1.O=C([O-])C=Cc1cnc[nH]1.[Mo]. The number of carbonyl (C=O) groups is 6. The van der Waals surface area contributed by atoms with Gasteiger partial charge in [-0.1, -0.05) is 0 Å². The average molecular weight is 662 g/mol. The molecule has 0 radical (unpaired) electrons. The maximum atomic E-state index is 9.90. The maximum Gasteiger partial charge on any atom is 0.106 e. The van der Waals surface area contributed by atoms with Gasteiger partial charge in [0.15, 0.2) is 0 Å². The molecule has 0 aliphatic carbocycles. The molecule has 0 bridgehead atoms. The van der Waals surface area contributed by atoms with Crippen molar-refractivity contribution in [3.05, 3.63) is 48.6 Å². The quantitative estimate of drug-likeness (QED) is 0.135. The van der Waals surface area contributed by atoms with Crippen LogP contribution in [0.2, 0.25) is 0 Å². The Morgan fingerprint density at radius 1 is 0.707 bits per heavy atom. The fraction of sp³-hybridized carbons (Fsp3) is 0.273. The molecule has 0 amide bonds. The molecule has 0 spiro atoms. The van der Waals surface area contributed by atoms with Crippen LogP contribution in [0.15, 0.2) is 37.2 Å². The minimum absolute atomic E-state index is 0. The molecule has 0 aliphatic heterocycles. The zero-order valence-electron chi connectivity index (χ0n) is 21.1. The van der Waals surface area contributed by atoms with E-state index in [9.17, 15) is 59.4 Å². The van der Waals surface area contributed by atoms with Gasteiger partial charge in [0.25, 0.3) is 0 Å². The van der Waals surface area contributed by atoms with E-state index in [0.717, 1.165) is 26.0 Å². The first kappa shape index (κ1) is 40.8. The third-order valence-electron chi connectivity index (χ3n) is 3.69. The summed E-state index contributed by atoms with van der Waals surface area (Å²) in [5, 5.41) is 76.4. The van der Waals surface area contributed by atoms with Gasteiger partial charge < -0.3 is 79.6 Å². The number of carbonyl (C=O) groups excluding carboxylic acids is 6. The van der Waals surface area contributed by atoms with Crippen molar-refractivity contribution in [2.45, 2.75) is 37.9 Å². The van der Waals surface area contributed by atoms with Gasteiger partial charge >= 0.3 is 0 Å². The number of rotatable bonds is 10. The second kappa shape index (κ2) is 20.3. The van der Waals surface area contributed by atoms with Crippen LogP contribution in [0.3, 0.4) is 0 Å². The van der Waals surface area contributed by atoms with Gasteiger partial charge in [0.1, 0.15) is 11.2 Å². The van der Waals surface area contributed by atoms with Gasteiger partial charge in [0.2, 0.25) is 0 Å². The number of imidazole rings is 2. The van der Waals surface area contributed by atoms with Crippen molar-refractivity contribution < 1.29 is 90.7 Å². The second-order valence-electron chi connectivity index (χ2n) is 7.54. The van der Waals surface area contributed by atoms with Gasteiger partial charge in [-0.3, -0.25) is 0 Å². The van der Waals surface area contributed by atoms with E-state index in [4.69, 9.17) is 10.2 Å². The van der Waals surface area contributed by atoms with Crippen LogP contribution >= 0.6 is 0 Å². The van der Waals surface area contributed by atoms with E-state index in [0.29, 0.717) is 11.4 Å². The molecule has 2 unspecified atom stereocenters. The number of hydrogen-bond donors (Lipinski definition) is 4. The molecule has 4 N–H and O–H groups in total. The third-order valence-corrected chi connectivity index (χ3v) is 3.69. The van der Waals surface area contributed by atoms with Gasteiger partial charge in [-0.25, -0.2) is 9.97 Å². The summed E-state index contributed by atoms with van der Waals surface area (Å²) >= 11 is 0. The first-order chi connectivity index (χ1) is 18.3. The Balaban J connectivity index is -0.000000466. The topological polar surface area (TPSA) is 339 Å². The summed E-state index contributed by atoms with van der Waals surface area (Å²) in [5.41, 5.74) is -3.38. The Morgan fingerprint density at radius 2 is 1.00 bits per heavy atom. The summed E-state index contributed by atoms with van der Waals surface area (Å²) in [7, 11) is 0. The van der Waals surface area contributed by atoms with Gasteiger partial charge in [0, 0.05) is 45.8 Å². The van der Waals surface area contributed by atoms with E-state index in [1.165, 1.54) is 37.2 Å². The summed E-state index contributed by atoms with van der Waals surface area (Å²) in [6.45, 7) is 1.66. The van der Waals surface area contributed by atoms with Crippen molar-refractivity contribution in [1.82, 2.24) is 19.9 Å². The van der Waals surface area contributed by atoms with E-state index in [-0.39, 0.29) is 21.1 Å². The molecule has 18 nitrogen and oxygen atoms in total. The Hall–Kier alpha value is -4.67. The molecule has 226 valence electrons. The Bertz CT molecular complexity index is 1080. The molecule has 0 aliphatic rings. The molecule has 0 saturated carbocycles. The first-order valence-electron chi connectivity index (χ1n) is 10.3. The zero-order chi connectivity index (χ0) is 31.5. The van der Waals surface area contributed by atoms with Crippen LogP contribution in [0.1, 0.15) is 38.1 Å². The predicted molar refractivity (Wildman–Crippen MR) is 116 cm³/mol. The molecule has 2 rings (SSSR count). The molecule has 2 aromatic heterocycles.